The molecule has 5 nitrogen and oxygen atoms in total. The van der Waals surface area contributed by atoms with Gasteiger partial charge in [-0.2, -0.15) is 0 Å². The summed E-state index contributed by atoms with van der Waals surface area (Å²) in [6.07, 6.45) is 3.34. The molecule has 2 saturated heterocycles. The molecule has 1 amide bonds. The number of carboxylic acids is 1. The lowest BCUT2D eigenvalue weighted by Gasteiger charge is -2.38. The van der Waals surface area contributed by atoms with Crippen LogP contribution < -0.4 is 0 Å². The van der Waals surface area contributed by atoms with Crippen LogP contribution in [0.3, 0.4) is 0 Å². The maximum Gasteiger partial charge on any atom is 0.335 e. The van der Waals surface area contributed by atoms with E-state index in [1.807, 2.05) is 11.0 Å². The first-order valence-corrected chi connectivity index (χ1v) is 8.21. The van der Waals surface area contributed by atoms with Gasteiger partial charge in [-0.05, 0) is 49.3 Å². The summed E-state index contributed by atoms with van der Waals surface area (Å²) in [4.78, 5) is 25.7. The summed E-state index contributed by atoms with van der Waals surface area (Å²) in [5.41, 5.74) is 1.19. The van der Waals surface area contributed by atoms with Crippen LogP contribution in [0.5, 0.6) is 0 Å². The molecule has 2 aliphatic heterocycles. The second-order valence-electron chi connectivity index (χ2n) is 6.67. The van der Waals surface area contributed by atoms with Crippen molar-refractivity contribution in [2.75, 3.05) is 19.8 Å². The Kier molecular flexibility index (Phi) is 4.39. The molecule has 2 fully saturated rings. The highest BCUT2D eigenvalue weighted by molar-refractivity contribution is 5.88. The lowest BCUT2D eigenvalue weighted by atomic mass is 9.74. The minimum absolute atomic E-state index is 0.0865. The molecule has 2 aliphatic rings. The van der Waals surface area contributed by atoms with Crippen LogP contribution in [0.1, 0.15) is 42.1 Å². The van der Waals surface area contributed by atoms with Gasteiger partial charge in [0.1, 0.15) is 0 Å². The number of ether oxygens (including phenoxy) is 1. The molecular weight excluding hydrogens is 294 g/mol. The van der Waals surface area contributed by atoms with E-state index in [0.717, 1.165) is 44.6 Å². The van der Waals surface area contributed by atoms with Crippen molar-refractivity contribution in [2.45, 2.75) is 38.6 Å². The van der Waals surface area contributed by atoms with Gasteiger partial charge in [-0.15, -0.1) is 0 Å². The molecule has 1 aromatic rings. The van der Waals surface area contributed by atoms with Gasteiger partial charge in [0.05, 0.1) is 12.0 Å². The number of rotatable bonds is 3. The molecule has 1 aromatic carbocycles. The SMILES string of the molecule is CC1N(C(=O)Cc2cccc(C(=O)O)c2)CCC12CCOCC2. The van der Waals surface area contributed by atoms with Crippen LogP contribution in [-0.4, -0.2) is 47.7 Å². The zero-order chi connectivity index (χ0) is 16.4. The summed E-state index contributed by atoms with van der Waals surface area (Å²) in [7, 11) is 0. The molecule has 1 spiro atoms. The number of carboxylic acid groups (broad SMARTS) is 1. The standard InChI is InChI=1S/C18H23NO4/c1-13-18(6-9-23-10-7-18)5-8-19(13)16(20)12-14-3-2-4-15(11-14)17(21)22/h2-4,11,13H,5-10,12H2,1H3,(H,21,22). The number of aromatic carboxylic acids is 1. The van der Waals surface area contributed by atoms with Crippen LogP contribution in [-0.2, 0) is 16.0 Å². The Morgan fingerprint density at radius 1 is 1.30 bits per heavy atom. The van der Waals surface area contributed by atoms with Gasteiger partial charge >= 0.3 is 5.97 Å². The maximum atomic E-state index is 12.7. The van der Waals surface area contributed by atoms with Crippen LogP contribution >= 0.6 is 0 Å². The second-order valence-corrected chi connectivity index (χ2v) is 6.67. The Balaban J connectivity index is 1.69. The van der Waals surface area contributed by atoms with Crippen molar-refractivity contribution in [2.24, 2.45) is 5.41 Å². The zero-order valence-electron chi connectivity index (χ0n) is 13.5. The fourth-order valence-electron chi connectivity index (χ4n) is 3.95. The molecule has 0 aromatic heterocycles. The molecule has 124 valence electrons. The van der Waals surface area contributed by atoms with Gasteiger partial charge in [-0.1, -0.05) is 12.1 Å². The summed E-state index contributed by atoms with van der Waals surface area (Å²) in [6.45, 7) is 4.50. The molecule has 1 N–H and O–H groups in total. The van der Waals surface area contributed by atoms with Crippen molar-refractivity contribution in [1.82, 2.24) is 4.90 Å². The Morgan fingerprint density at radius 3 is 2.74 bits per heavy atom. The van der Waals surface area contributed by atoms with Gasteiger partial charge in [0.2, 0.25) is 5.91 Å². The highest BCUT2D eigenvalue weighted by Crippen LogP contribution is 2.44. The van der Waals surface area contributed by atoms with Crippen LogP contribution in [0.15, 0.2) is 24.3 Å². The first kappa shape index (κ1) is 16.0. The maximum absolute atomic E-state index is 12.7. The number of amides is 1. The molecule has 0 saturated carbocycles. The molecular formula is C18H23NO4. The van der Waals surface area contributed by atoms with Gasteiger partial charge in [0.25, 0.3) is 0 Å². The van der Waals surface area contributed by atoms with Crippen molar-refractivity contribution in [3.8, 4) is 0 Å². The normalized spacial score (nSPS) is 23.2. The minimum atomic E-state index is -0.963. The summed E-state index contributed by atoms with van der Waals surface area (Å²) >= 11 is 0. The number of carbonyl (C=O) groups is 2. The minimum Gasteiger partial charge on any atom is -0.478 e. The van der Waals surface area contributed by atoms with Crippen LogP contribution in [0.25, 0.3) is 0 Å². The van der Waals surface area contributed by atoms with Crippen molar-refractivity contribution in [1.29, 1.82) is 0 Å². The zero-order valence-corrected chi connectivity index (χ0v) is 13.5. The van der Waals surface area contributed by atoms with Gasteiger partial charge in [0, 0.05) is 25.8 Å². The molecule has 1 unspecified atom stereocenters. The average Bonchev–Trinajstić information content (AvgIpc) is 2.85. The summed E-state index contributed by atoms with van der Waals surface area (Å²) in [5, 5.41) is 9.06. The highest BCUT2D eigenvalue weighted by Gasteiger charge is 2.46. The quantitative estimate of drug-likeness (QED) is 0.929. The highest BCUT2D eigenvalue weighted by atomic mass is 16.5. The molecule has 0 radical (unpaired) electrons. The number of benzene rings is 1. The summed E-state index contributed by atoms with van der Waals surface area (Å²) in [5.74, 6) is -0.876. The van der Waals surface area contributed by atoms with Crippen molar-refractivity contribution in [3.05, 3.63) is 35.4 Å². The van der Waals surface area contributed by atoms with E-state index in [9.17, 15) is 9.59 Å². The number of hydrogen-bond acceptors (Lipinski definition) is 3. The number of hydrogen-bond donors (Lipinski definition) is 1. The van der Waals surface area contributed by atoms with Gasteiger partial charge in [-0.3, -0.25) is 4.79 Å². The van der Waals surface area contributed by atoms with Gasteiger partial charge in [-0.25, -0.2) is 4.79 Å². The summed E-state index contributed by atoms with van der Waals surface area (Å²) in [6, 6.07) is 6.87. The Hall–Kier alpha value is -1.88. The molecule has 5 heteroatoms. The average molecular weight is 317 g/mol. The van der Waals surface area contributed by atoms with E-state index in [0.29, 0.717) is 0 Å². The number of likely N-dealkylation sites (tertiary alicyclic amines) is 1. The molecule has 23 heavy (non-hydrogen) atoms. The van der Waals surface area contributed by atoms with Gasteiger partial charge in [0.15, 0.2) is 0 Å². The fourth-order valence-corrected chi connectivity index (χ4v) is 3.95. The van der Waals surface area contributed by atoms with Crippen LogP contribution in [0.2, 0.25) is 0 Å². The third-order valence-electron chi connectivity index (χ3n) is 5.54. The third-order valence-corrected chi connectivity index (χ3v) is 5.54. The van der Waals surface area contributed by atoms with Crippen molar-refractivity contribution < 1.29 is 19.4 Å². The molecule has 2 heterocycles. The Bertz CT molecular complexity index is 607. The van der Waals surface area contributed by atoms with Crippen LogP contribution in [0, 0.1) is 5.41 Å². The first-order chi connectivity index (χ1) is 11.0. The Morgan fingerprint density at radius 2 is 2.04 bits per heavy atom. The number of carbonyl (C=O) groups excluding carboxylic acids is 1. The lowest BCUT2D eigenvalue weighted by Crippen LogP contribution is -2.43. The largest absolute Gasteiger partial charge is 0.478 e. The molecule has 3 rings (SSSR count). The predicted molar refractivity (Wildman–Crippen MR) is 85.4 cm³/mol. The van der Waals surface area contributed by atoms with E-state index >= 15 is 0 Å². The van der Waals surface area contributed by atoms with E-state index in [1.165, 1.54) is 0 Å². The van der Waals surface area contributed by atoms with E-state index < -0.39 is 5.97 Å². The van der Waals surface area contributed by atoms with E-state index in [2.05, 4.69) is 6.92 Å². The summed E-state index contributed by atoms with van der Waals surface area (Å²) < 4.78 is 5.47. The van der Waals surface area contributed by atoms with Crippen LogP contribution in [0.4, 0.5) is 0 Å². The topological polar surface area (TPSA) is 66.8 Å². The van der Waals surface area contributed by atoms with Crippen molar-refractivity contribution >= 4 is 11.9 Å². The Labute approximate surface area is 136 Å². The molecule has 0 aliphatic carbocycles. The molecule has 1 atom stereocenters. The van der Waals surface area contributed by atoms with E-state index in [4.69, 9.17) is 9.84 Å². The van der Waals surface area contributed by atoms with Crippen molar-refractivity contribution in [3.63, 3.8) is 0 Å². The van der Waals surface area contributed by atoms with E-state index in [-0.39, 0.29) is 29.3 Å². The number of nitrogens with zero attached hydrogens (tertiary/aromatic N) is 1. The molecule has 0 bridgehead atoms. The predicted octanol–water partition coefficient (Wildman–Crippen LogP) is 2.34. The third kappa shape index (κ3) is 3.11. The second kappa shape index (κ2) is 6.32. The monoisotopic (exact) mass is 317 g/mol. The van der Waals surface area contributed by atoms with Gasteiger partial charge < -0.3 is 14.7 Å². The fraction of sp³-hybridized carbons (Fsp3) is 0.556. The lowest BCUT2D eigenvalue weighted by molar-refractivity contribution is -0.132. The first-order valence-electron chi connectivity index (χ1n) is 8.21. The smallest absolute Gasteiger partial charge is 0.335 e. The van der Waals surface area contributed by atoms with E-state index in [1.54, 1.807) is 18.2 Å².